The largest absolute Gasteiger partial charge is 0.493 e. The monoisotopic (exact) mass is 326 g/mol. The summed E-state index contributed by atoms with van der Waals surface area (Å²) in [5.74, 6) is 0.311. The first-order valence-electron chi connectivity index (χ1n) is 7.57. The Bertz CT molecular complexity index is 575. The molecule has 0 heterocycles. The summed E-state index contributed by atoms with van der Waals surface area (Å²) in [7, 11) is 3.08. The topological polar surface area (TPSA) is 55.8 Å². The fourth-order valence-electron chi connectivity index (χ4n) is 3.39. The highest BCUT2D eigenvalue weighted by atomic mass is 35.5. The number of ether oxygens (including phenoxy) is 2. The van der Waals surface area contributed by atoms with Gasteiger partial charge in [0.25, 0.3) is 0 Å². The second-order valence-electron chi connectivity index (χ2n) is 6.14. The number of carboxylic acids is 1. The van der Waals surface area contributed by atoms with Crippen LogP contribution in [0, 0.1) is 0 Å². The Morgan fingerprint density at radius 1 is 1.27 bits per heavy atom. The van der Waals surface area contributed by atoms with Crippen LogP contribution in [0.1, 0.15) is 56.6 Å². The average Bonchev–Trinajstić information content (AvgIpc) is 2.96. The molecule has 1 aliphatic carbocycles. The van der Waals surface area contributed by atoms with Gasteiger partial charge in [-0.05, 0) is 30.4 Å². The summed E-state index contributed by atoms with van der Waals surface area (Å²) in [4.78, 5) is 12.1. The maximum atomic E-state index is 12.1. The number of hydrogen-bond acceptors (Lipinski definition) is 3. The number of halogens is 1. The van der Waals surface area contributed by atoms with Crippen molar-refractivity contribution in [3.05, 3.63) is 22.2 Å². The van der Waals surface area contributed by atoms with E-state index in [1.807, 2.05) is 19.9 Å². The Kier molecular flexibility index (Phi) is 4.90. The normalized spacial score (nSPS) is 16.8. The molecule has 1 aromatic rings. The third kappa shape index (κ3) is 2.54. The van der Waals surface area contributed by atoms with Gasteiger partial charge in [-0.2, -0.15) is 0 Å². The molecule has 0 aromatic heterocycles. The number of methoxy groups -OCH3 is 2. The van der Waals surface area contributed by atoms with Crippen LogP contribution >= 0.6 is 11.6 Å². The molecule has 1 aliphatic rings. The minimum Gasteiger partial charge on any atom is -0.493 e. The fraction of sp³-hybridized carbons (Fsp3) is 0.588. The van der Waals surface area contributed by atoms with Gasteiger partial charge in [-0.3, -0.25) is 4.79 Å². The highest BCUT2D eigenvalue weighted by molar-refractivity contribution is 6.33. The minimum absolute atomic E-state index is 0.165. The van der Waals surface area contributed by atoms with Crippen molar-refractivity contribution in [2.45, 2.75) is 50.9 Å². The molecule has 122 valence electrons. The van der Waals surface area contributed by atoms with E-state index in [0.717, 1.165) is 18.4 Å². The van der Waals surface area contributed by atoms with Gasteiger partial charge < -0.3 is 14.6 Å². The molecular weight excluding hydrogens is 304 g/mol. The molecular formula is C17H23ClO4. The minimum atomic E-state index is -0.986. The smallest absolute Gasteiger partial charge is 0.314 e. The van der Waals surface area contributed by atoms with Crippen molar-refractivity contribution in [1.82, 2.24) is 0 Å². The summed E-state index contributed by atoms with van der Waals surface area (Å²) in [5, 5.41) is 10.4. The van der Waals surface area contributed by atoms with E-state index in [4.69, 9.17) is 21.1 Å². The quantitative estimate of drug-likeness (QED) is 0.872. The zero-order valence-electron chi connectivity index (χ0n) is 13.5. The zero-order chi connectivity index (χ0) is 16.5. The highest BCUT2D eigenvalue weighted by Gasteiger charge is 2.47. The van der Waals surface area contributed by atoms with E-state index in [0.29, 0.717) is 34.9 Å². The average molecular weight is 327 g/mol. The molecule has 5 heteroatoms. The van der Waals surface area contributed by atoms with Crippen molar-refractivity contribution >= 4 is 17.6 Å². The number of carboxylic acid groups (broad SMARTS) is 1. The first-order valence-corrected chi connectivity index (χ1v) is 7.95. The van der Waals surface area contributed by atoms with Crippen LogP contribution in [0.5, 0.6) is 11.5 Å². The van der Waals surface area contributed by atoms with Gasteiger partial charge in [-0.25, -0.2) is 0 Å². The molecule has 4 nitrogen and oxygen atoms in total. The van der Waals surface area contributed by atoms with Crippen molar-refractivity contribution in [2.24, 2.45) is 0 Å². The van der Waals surface area contributed by atoms with Crippen molar-refractivity contribution in [2.75, 3.05) is 14.2 Å². The zero-order valence-corrected chi connectivity index (χ0v) is 14.3. The summed E-state index contributed by atoms with van der Waals surface area (Å²) < 4.78 is 10.9. The second-order valence-corrected chi connectivity index (χ2v) is 6.52. The Morgan fingerprint density at radius 3 is 2.27 bits per heavy atom. The fourth-order valence-corrected chi connectivity index (χ4v) is 3.93. The molecule has 2 rings (SSSR count). The maximum absolute atomic E-state index is 12.1. The summed E-state index contributed by atoms with van der Waals surface area (Å²) in [6.45, 7) is 4.05. The molecule has 0 unspecified atom stereocenters. The van der Waals surface area contributed by atoms with Crippen LogP contribution in [-0.2, 0) is 10.2 Å². The summed E-state index contributed by atoms with van der Waals surface area (Å²) >= 11 is 6.63. The van der Waals surface area contributed by atoms with E-state index >= 15 is 0 Å². The molecule has 1 saturated carbocycles. The summed E-state index contributed by atoms with van der Waals surface area (Å²) in [5.41, 5.74) is 0.479. The molecule has 0 saturated heterocycles. The lowest BCUT2D eigenvalue weighted by Gasteiger charge is -2.30. The van der Waals surface area contributed by atoms with Crippen LogP contribution in [0.2, 0.25) is 5.02 Å². The van der Waals surface area contributed by atoms with Gasteiger partial charge in [-0.15, -0.1) is 0 Å². The molecule has 0 radical (unpaired) electrons. The first-order chi connectivity index (χ1) is 10.4. The Labute approximate surface area is 136 Å². The Morgan fingerprint density at radius 2 is 1.86 bits per heavy atom. The van der Waals surface area contributed by atoms with Gasteiger partial charge in [0.2, 0.25) is 0 Å². The van der Waals surface area contributed by atoms with Crippen LogP contribution in [0.25, 0.3) is 0 Å². The Balaban J connectivity index is 2.82. The third-order valence-electron chi connectivity index (χ3n) is 4.60. The molecule has 22 heavy (non-hydrogen) atoms. The lowest BCUT2D eigenvalue weighted by atomic mass is 9.77. The van der Waals surface area contributed by atoms with Crippen molar-refractivity contribution in [1.29, 1.82) is 0 Å². The first kappa shape index (κ1) is 16.9. The van der Waals surface area contributed by atoms with Gasteiger partial charge in [0.1, 0.15) is 0 Å². The van der Waals surface area contributed by atoms with Crippen LogP contribution < -0.4 is 9.47 Å². The van der Waals surface area contributed by atoms with Gasteiger partial charge >= 0.3 is 5.97 Å². The number of benzene rings is 1. The maximum Gasteiger partial charge on any atom is 0.314 e. The van der Waals surface area contributed by atoms with Gasteiger partial charge in [0, 0.05) is 5.56 Å². The molecule has 0 spiro atoms. The molecule has 0 bridgehead atoms. The van der Waals surface area contributed by atoms with Gasteiger partial charge in [-0.1, -0.05) is 38.3 Å². The van der Waals surface area contributed by atoms with Crippen LogP contribution in [0.4, 0.5) is 0 Å². The van der Waals surface area contributed by atoms with Crippen molar-refractivity contribution in [3.8, 4) is 11.5 Å². The van der Waals surface area contributed by atoms with E-state index in [2.05, 4.69) is 0 Å². The van der Waals surface area contributed by atoms with E-state index in [9.17, 15) is 9.90 Å². The number of rotatable bonds is 5. The van der Waals surface area contributed by atoms with Crippen LogP contribution in [0.3, 0.4) is 0 Å². The van der Waals surface area contributed by atoms with Gasteiger partial charge in [0.05, 0.1) is 24.7 Å². The predicted molar refractivity (Wildman–Crippen MR) is 86.4 cm³/mol. The Hall–Kier alpha value is -1.42. The molecule has 0 amide bonds. The molecule has 0 atom stereocenters. The van der Waals surface area contributed by atoms with Gasteiger partial charge in [0.15, 0.2) is 11.5 Å². The van der Waals surface area contributed by atoms with E-state index in [1.165, 1.54) is 7.11 Å². The SMILES string of the molecule is COc1cc(C(C)C)c(Cl)c(C2(C(=O)O)CCCC2)c1OC. The molecule has 1 aromatic carbocycles. The van der Waals surface area contributed by atoms with Crippen LogP contribution in [-0.4, -0.2) is 25.3 Å². The third-order valence-corrected chi connectivity index (χ3v) is 5.01. The summed E-state index contributed by atoms with van der Waals surface area (Å²) in [6.07, 6.45) is 2.90. The second kappa shape index (κ2) is 6.37. The lowest BCUT2D eigenvalue weighted by Crippen LogP contribution is -2.33. The standard InChI is InChI=1S/C17H23ClO4/c1-10(2)11-9-12(21-3)15(22-4)13(14(11)18)17(16(19)20)7-5-6-8-17/h9-10H,5-8H2,1-4H3,(H,19,20). The number of aliphatic carboxylic acids is 1. The molecule has 0 aliphatic heterocycles. The summed E-state index contributed by atoms with van der Waals surface area (Å²) in [6, 6.07) is 1.85. The van der Waals surface area contributed by atoms with E-state index in [-0.39, 0.29) is 5.92 Å². The van der Waals surface area contributed by atoms with E-state index in [1.54, 1.807) is 7.11 Å². The van der Waals surface area contributed by atoms with E-state index < -0.39 is 11.4 Å². The lowest BCUT2D eigenvalue weighted by molar-refractivity contribution is -0.143. The highest BCUT2D eigenvalue weighted by Crippen LogP contribution is 2.52. The van der Waals surface area contributed by atoms with Crippen LogP contribution in [0.15, 0.2) is 6.07 Å². The molecule has 1 N–H and O–H groups in total. The number of carbonyl (C=O) groups is 1. The van der Waals surface area contributed by atoms with Crippen molar-refractivity contribution < 1.29 is 19.4 Å². The predicted octanol–water partition coefficient (Wildman–Crippen LogP) is 4.38. The van der Waals surface area contributed by atoms with Crippen molar-refractivity contribution in [3.63, 3.8) is 0 Å². The number of hydrogen-bond donors (Lipinski definition) is 1. The molecule has 1 fully saturated rings.